The van der Waals surface area contributed by atoms with Gasteiger partial charge in [0.2, 0.25) is 5.43 Å². The number of benzene rings is 2. The molecule has 12 heteroatoms. The summed E-state index contributed by atoms with van der Waals surface area (Å²) < 4.78 is 6.44. The second-order valence-electron chi connectivity index (χ2n) is 8.00. The van der Waals surface area contributed by atoms with Crippen molar-refractivity contribution in [2.45, 2.75) is 13.0 Å². The van der Waals surface area contributed by atoms with Gasteiger partial charge < -0.3 is 30.8 Å². The zero-order chi connectivity index (χ0) is 26.4. The molecule has 2 aromatic carbocycles. The Kier molecular flexibility index (Phi) is 7.79. The van der Waals surface area contributed by atoms with Crippen LogP contribution in [0.5, 0.6) is 5.75 Å². The summed E-state index contributed by atoms with van der Waals surface area (Å²) in [4.78, 5) is 40.4. The van der Waals surface area contributed by atoms with E-state index in [1.165, 1.54) is 17.5 Å². The number of nitrogens with one attached hydrogen (secondary N) is 3. The Morgan fingerprint density at radius 3 is 2.57 bits per heavy atom. The molecule has 2 heterocycles. The van der Waals surface area contributed by atoms with Gasteiger partial charge in [0.25, 0.3) is 5.91 Å². The Bertz CT molecular complexity index is 1500. The number of thiazole rings is 1. The van der Waals surface area contributed by atoms with Crippen LogP contribution in [0.25, 0.3) is 10.9 Å². The number of hydrogen-bond donors (Lipinski definition) is 5. The zero-order valence-electron chi connectivity index (χ0n) is 19.6. The van der Waals surface area contributed by atoms with Gasteiger partial charge in [-0.15, -0.1) is 11.3 Å². The molecular formula is C25H24N6O5S. The summed E-state index contributed by atoms with van der Waals surface area (Å²) in [5.74, 6) is -0.545. The van der Waals surface area contributed by atoms with Crippen molar-refractivity contribution < 1.29 is 19.4 Å². The molecule has 0 spiro atoms. The third-order valence-corrected chi connectivity index (χ3v) is 6.23. The van der Waals surface area contributed by atoms with Gasteiger partial charge in [0.15, 0.2) is 5.75 Å². The first-order valence-electron chi connectivity index (χ1n) is 11.2. The van der Waals surface area contributed by atoms with E-state index in [4.69, 9.17) is 21.0 Å². The van der Waals surface area contributed by atoms with Crippen LogP contribution in [0.2, 0.25) is 0 Å². The highest BCUT2D eigenvalue weighted by Crippen LogP contribution is 2.22. The van der Waals surface area contributed by atoms with E-state index < -0.39 is 11.6 Å². The molecule has 0 aliphatic heterocycles. The van der Waals surface area contributed by atoms with Crippen LogP contribution in [0.4, 0.5) is 10.5 Å². The fourth-order valence-electron chi connectivity index (χ4n) is 3.67. The highest BCUT2D eigenvalue weighted by molar-refractivity contribution is 7.09. The molecule has 37 heavy (non-hydrogen) atoms. The summed E-state index contributed by atoms with van der Waals surface area (Å²) in [6.45, 7) is 1.35. The molecule has 11 nitrogen and oxygen atoms in total. The number of carbonyl (C=O) groups excluding carboxylic acids is 1. The molecule has 0 unspecified atom stereocenters. The maximum absolute atomic E-state index is 12.8. The molecule has 0 aliphatic carbocycles. The molecule has 0 radical (unpaired) electrons. The Hall–Kier alpha value is -4.71. The number of carbonyl (C=O) groups is 2. The van der Waals surface area contributed by atoms with Crippen LogP contribution in [-0.2, 0) is 6.54 Å². The summed E-state index contributed by atoms with van der Waals surface area (Å²) in [6.07, 6.45) is 2.14. The minimum atomic E-state index is -1.56. The summed E-state index contributed by atoms with van der Waals surface area (Å²) in [7, 11) is 0. The number of amides is 1. The monoisotopic (exact) mass is 520 g/mol. The molecule has 6 N–H and O–H groups in total. The summed E-state index contributed by atoms with van der Waals surface area (Å²) in [5, 5.41) is 25.5. The van der Waals surface area contributed by atoms with E-state index in [0.717, 1.165) is 10.7 Å². The smallest absolute Gasteiger partial charge is 0.449 e. The maximum atomic E-state index is 12.8. The number of pyridine rings is 1. The lowest BCUT2D eigenvalue weighted by molar-refractivity contribution is 0.0953. The van der Waals surface area contributed by atoms with Gasteiger partial charge in [-0.25, -0.2) is 9.78 Å². The van der Waals surface area contributed by atoms with Crippen molar-refractivity contribution in [2.24, 2.45) is 5.73 Å². The predicted molar refractivity (Wildman–Crippen MR) is 141 cm³/mol. The van der Waals surface area contributed by atoms with E-state index in [9.17, 15) is 14.4 Å². The summed E-state index contributed by atoms with van der Waals surface area (Å²) in [5.41, 5.74) is 7.32. The van der Waals surface area contributed by atoms with Gasteiger partial charge in [-0.2, -0.15) is 0 Å². The van der Waals surface area contributed by atoms with Gasteiger partial charge in [-0.3, -0.25) is 15.0 Å². The number of carboxylic acid groups (broad SMARTS) is 1. The SMILES string of the molecule is N=C(N)c1ccc(C(=O)NCCCNc2ccc3c(=O)c(OC(=O)O)cn(Cc4nccs4)c3c2)cc1. The number of nitrogens with zero attached hydrogens (tertiary/aromatic N) is 2. The highest BCUT2D eigenvalue weighted by Gasteiger charge is 2.14. The fraction of sp³-hybridized carbons (Fsp3) is 0.160. The van der Waals surface area contributed by atoms with Crippen molar-refractivity contribution in [3.8, 4) is 5.75 Å². The quantitative estimate of drug-likeness (QED) is 0.0918. The van der Waals surface area contributed by atoms with Crippen LogP contribution in [-0.4, -0.2) is 45.6 Å². The number of nitrogen functional groups attached to an aromatic ring is 1. The van der Waals surface area contributed by atoms with E-state index in [0.29, 0.717) is 48.1 Å². The topological polar surface area (TPSA) is 172 Å². The van der Waals surface area contributed by atoms with Gasteiger partial charge in [0, 0.05) is 46.9 Å². The molecule has 4 aromatic rings. The standard InChI is InChI=1S/C25H24N6O5S/c26-23(27)15-2-4-16(5-3-15)24(33)30-9-1-8-28-17-6-7-18-19(12-17)31(14-21-29-10-11-37-21)13-20(22(18)32)36-25(34)35/h2-7,10-13,28H,1,8-9,14H2,(H3,26,27)(H,30,33)(H,34,35). The van der Waals surface area contributed by atoms with Gasteiger partial charge >= 0.3 is 6.16 Å². The molecule has 0 aliphatic rings. The van der Waals surface area contributed by atoms with Crippen molar-refractivity contribution in [1.29, 1.82) is 5.41 Å². The first-order valence-corrected chi connectivity index (χ1v) is 12.1. The number of rotatable bonds is 10. The minimum absolute atomic E-state index is 0.0547. The van der Waals surface area contributed by atoms with Crippen LogP contribution in [0.15, 0.2) is 65.0 Å². The summed E-state index contributed by atoms with van der Waals surface area (Å²) in [6, 6.07) is 11.7. The van der Waals surface area contributed by atoms with E-state index >= 15 is 0 Å². The van der Waals surface area contributed by atoms with Gasteiger partial charge in [0.05, 0.1) is 18.3 Å². The Morgan fingerprint density at radius 1 is 1.14 bits per heavy atom. The lowest BCUT2D eigenvalue weighted by atomic mass is 10.1. The van der Waals surface area contributed by atoms with Crippen LogP contribution in [0, 0.1) is 5.41 Å². The predicted octanol–water partition coefficient (Wildman–Crippen LogP) is 3.08. The third-order valence-electron chi connectivity index (χ3n) is 5.46. The van der Waals surface area contributed by atoms with Crippen molar-refractivity contribution in [1.82, 2.24) is 14.9 Å². The van der Waals surface area contributed by atoms with Gasteiger partial charge in [-0.1, -0.05) is 12.1 Å². The van der Waals surface area contributed by atoms with Crippen LogP contribution >= 0.6 is 11.3 Å². The number of fused-ring (bicyclic) bond motifs is 1. The highest BCUT2D eigenvalue weighted by atomic mass is 32.1. The number of aromatic nitrogens is 2. The molecular weight excluding hydrogens is 496 g/mol. The number of nitrogens with two attached hydrogens (primary N) is 1. The molecule has 4 rings (SSSR count). The van der Waals surface area contributed by atoms with Crippen molar-refractivity contribution in [2.75, 3.05) is 18.4 Å². The lowest BCUT2D eigenvalue weighted by Crippen LogP contribution is -2.26. The first kappa shape index (κ1) is 25.4. The van der Waals surface area contributed by atoms with E-state index in [1.54, 1.807) is 47.2 Å². The Labute approximate surface area is 215 Å². The average Bonchev–Trinajstić information content (AvgIpc) is 3.39. The zero-order valence-corrected chi connectivity index (χ0v) is 20.4. The molecule has 2 aromatic heterocycles. The average molecular weight is 521 g/mol. The molecule has 1 amide bonds. The van der Waals surface area contributed by atoms with Crippen molar-refractivity contribution >= 4 is 45.8 Å². The van der Waals surface area contributed by atoms with Crippen molar-refractivity contribution in [3.05, 3.63) is 86.6 Å². The summed E-state index contributed by atoms with van der Waals surface area (Å²) >= 11 is 1.44. The molecule has 0 fully saturated rings. The molecule has 0 saturated heterocycles. The first-order chi connectivity index (χ1) is 17.8. The second kappa shape index (κ2) is 11.4. The molecule has 0 saturated carbocycles. The normalized spacial score (nSPS) is 10.7. The number of amidine groups is 1. The van der Waals surface area contributed by atoms with E-state index in [-0.39, 0.29) is 17.5 Å². The largest absolute Gasteiger partial charge is 0.511 e. The molecule has 190 valence electrons. The number of hydrogen-bond acceptors (Lipinski definition) is 8. The van der Waals surface area contributed by atoms with E-state index in [2.05, 4.69) is 15.6 Å². The number of ether oxygens (including phenoxy) is 1. The molecule has 0 bridgehead atoms. The van der Waals surface area contributed by atoms with Crippen LogP contribution in [0.1, 0.15) is 27.3 Å². The van der Waals surface area contributed by atoms with Crippen LogP contribution < -0.4 is 26.5 Å². The second-order valence-corrected chi connectivity index (χ2v) is 8.98. The van der Waals surface area contributed by atoms with Gasteiger partial charge in [-0.05, 0) is 36.8 Å². The minimum Gasteiger partial charge on any atom is -0.449 e. The lowest BCUT2D eigenvalue weighted by Gasteiger charge is -2.14. The fourth-order valence-corrected chi connectivity index (χ4v) is 4.29. The van der Waals surface area contributed by atoms with Crippen molar-refractivity contribution in [3.63, 3.8) is 0 Å². The number of anilines is 1. The van der Waals surface area contributed by atoms with Crippen LogP contribution in [0.3, 0.4) is 0 Å². The molecule has 0 atom stereocenters. The maximum Gasteiger partial charge on any atom is 0.511 e. The third kappa shape index (κ3) is 6.30. The Morgan fingerprint density at radius 2 is 1.89 bits per heavy atom. The Balaban J connectivity index is 1.41. The van der Waals surface area contributed by atoms with Gasteiger partial charge in [0.1, 0.15) is 10.8 Å². The van der Waals surface area contributed by atoms with E-state index in [1.807, 2.05) is 11.4 Å².